The van der Waals surface area contributed by atoms with Crippen molar-refractivity contribution in [3.8, 4) is 0 Å². The van der Waals surface area contributed by atoms with Crippen molar-refractivity contribution in [3.63, 3.8) is 0 Å². The van der Waals surface area contributed by atoms with Gasteiger partial charge in [0.05, 0.1) is 23.6 Å². The number of carbonyl (C=O) groups is 4. The molecule has 1 aromatic heterocycles. The molecule has 0 aliphatic carbocycles. The van der Waals surface area contributed by atoms with E-state index in [0.29, 0.717) is 39.5 Å². The number of ether oxygens (including phenoxy) is 2. The first-order chi connectivity index (χ1) is 17.9. The van der Waals surface area contributed by atoms with E-state index in [0.717, 1.165) is 51.5 Å². The number of nitrogens with one attached hydrogen (secondary N) is 1. The van der Waals surface area contributed by atoms with Gasteiger partial charge in [0.25, 0.3) is 11.1 Å². The summed E-state index contributed by atoms with van der Waals surface area (Å²) in [5, 5.41) is 3.33. The van der Waals surface area contributed by atoms with E-state index in [1.54, 1.807) is 18.1 Å². The van der Waals surface area contributed by atoms with Gasteiger partial charge in [0, 0.05) is 50.5 Å². The van der Waals surface area contributed by atoms with Gasteiger partial charge in [0.15, 0.2) is 0 Å². The van der Waals surface area contributed by atoms with E-state index in [4.69, 9.17) is 9.47 Å². The van der Waals surface area contributed by atoms with Crippen LogP contribution in [0.2, 0.25) is 0 Å². The third-order valence-electron chi connectivity index (χ3n) is 6.37. The van der Waals surface area contributed by atoms with Crippen LogP contribution in [0, 0.1) is 0 Å². The molecule has 4 rings (SSSR count). The molecule has 4 amide bonds. The summed E-state index contributed by atoms with van der Waals surface area (Å²) < 4.78 is 12.2. The molecule has 10 nitrogen and oxygen atoms in total. The molecule has 0 atom stereocenters. The van der Waals surface area contributed by atoms with Crippen LogP contribution in [0.5, 0.6) is 0 Å². The van der Waals surface area contributed by atoms with E-state index in [1.807, 2.05) is 35.9 Å². The Bertz CT molecular complexity index is 1220. The number of hydrogen-bond acceptors (Lipinski definition) is 7. The monoisotopic (exact) mass is 528 g/mol. The van der Waals surface area contributed by atoms with Gasteiger partial charge < -0.3 is 24.3 Å². The number of thioether (sulfide) groups is 1. The van der Waals surface area contributed by atoms with Gasteiger partial charge in [-0.2, -0.15) is 0 Å². The zero-order chi connectivity index (χ0) is 26.4. The van der Waals surface area contributed by atoms with E-state index in [9.17, 15) is 19.2 Å². The molecule has 37 heavy (non-hydrogen) atoms. The summed E-state index contributed by atoms with van der Waals surface area (Å²) in [5.74, 6) is -0.875. The molecule has 1 aromatic carbocycles. The smallest absolute Gasteiger partial charge is 0.294 e. The van der Waals surface area contributed by atoms with Crippen LogP contribution in [0.1, 0.15) is 24.5 Å². The van der Waals surface area contributed by atoms with E-state index in [1.165, 1.54) is 0 Å². The number of imide groups is 1. The Labute approximate surface area is 219 Å². The molecule has 2 aliphatic heterocycles. The highest BCUT2D eigenvalue weighted by atomic mass is 32.2. The number of carbonyl (C=O) groups excluding carboxylic acids is 4. The van der Waals surface area contributed by atoms with Gasteiger partial charge in [0.2, 0.25) is 11.8 Å². The molecule has 0 spiro atoms. The van der Waals surface area contributed by atoms with Crippen LogP contribution in [0.15, 0.2) is 29.3 Å². The second kappa shape index (κ2) is 12.4. The Morgan fingerprint density at radius 2 is 1.97 bits per heavy atom. The van der Waals surface area contributed by atoms with Crippen LogP contribution >= 0.6 is 11.8 Å². The van der Waals surface area contributed by atoms with Crippen LogP contribution in [-0.4, -0.2) is 90.4 Å². The maximum atomic E-state index is 13.1. The molecule has 198 valence electrons. The molecule has 0 radical (unpaired) electrons. The number of hydrogen-bond donors (Lipinski definition) is 1. The van der Waals surface area contributed by atoms with Crippen molar-refractivity contribution in [2.24, 2.45) is 0 Å². The first-order valence-corrected chi connectivity index (χ1v) is 13.2. The molecule has 2 saturated heterocycles. The Balaban J connectivity index is 1.56. The fraction of sp³-hybridized carbons (Fsp3) is 0.462. The maximum absolute atomic E-state index is 13.1. The fourth-order valence-electron chi connectivity index (χ4n) is 4.47. The first-order valence-electron chi connectivity index (χ1n) is 12.4. The fourth-order valence-corrected chi connectivity index (χ4v) is 5.30. The third-order valence-corrected chi connectivity index (χ3v) is 7.28. The normalized spacial score (nSPS) is 17.3. The van der Waals surface area contributed by atoms with Crippen molar-refractivity contribution in [3.05, 3.63) is 40.4 Å². The van der Waals surface area contributed by atoms with Gasteiger partial charge in [-0.25, -0.2) is 0 Å². The van der Waals surface area contributed by atoms with Crippen LogP contribution in [0.3, 0.4) is 0 Å². The molecule has 11 heteroatoms. The van der Waals surface area contributed by atoms with Crippen molar-refractivity contribution >= 4 is 51.7 Å². The van der Waals surface area contributed by atoms with Crippen LogP contribution in [0.4, 0.5) is 4.79 Å². The molecular weight excluding hydrogens is 496 g/mol. The van der Waals surface area contributed by atoms with Gasteiger partial charge in [-0.3, -0.25) is 24.1 Å². The number of amides is 4. The quantitative estimate of drug-likeness (QED) is 0.372. The molecule has 2 aliphatic rings. The predicted octanol–water partition coefficient (Wildman–Crippen LogP) is 2.25. The van der Waals surface area contributed by atoms with Gasteiger partial charge in [0.1, 0.15) is 13.1 Å². The van der Waals surface area contributed by atoms with Gasteiger partial charge in [-0.05, 0) is 36.2 Å². The van der Waals surface area contributed by atoms with E-state index >= 15 is 0 Å². The van der Waals surface area contributed by atoms with Crippen LogP contribution < -0.4 is 5.32 Å². The van der Waals surface area contributed by atoms with Crippen molar-refractivity contribution < 1.29 is 28.7 Å². The number of nitrogens with zero attached hydrogens (tertiary/aromatic N) is 3. The lowest BCUT2D eigenvalue weighted by Crippen LogP contribution is -2.46. The second-order valence-corrected chi connectivity index (χ2v) is 9.83. The highest BCUT2D eigenvalue weighted by Gasteiger charge is 2.37. The molecule has 1 N–H and O–H groups in total. The summed E-state index contributed by atoms with van der Waals surface area (Å²) >= 11 is 0.825. The number of methoxy groups -OCH3 is 1. The average molecular weight is 529 g/mol. The highest BCUT2D eigenvalue weighted by Crippen LogP contribution is 2.35. The van der Waals surface area contributed by atoms with Gasteiger partial charge in [-0.15, -0.1) is 0 Å². The SMILES string of the molecule is CCc1cccc2c(/C=C3\SC(=O)N(CC(=O)N4CCOCC4)C3=O)cn(CC(=O)NCCCOC)c12. The minimum Gasteiger partial charge on any atom is -0.385 e. The third kappa shape index (κ3) is 6.23. The lowest BCUT2D eigenvalue weighted by atomic mass is 10.1. The van der Waals surface area contributed by atoms with Crippen molar-refractivity contribution in [2.75, 3.05) is 53.1 Å². The Kier molecular flexibility index (Phi) is 9.01. The van der Waals surface area contributed by atoms with E-state index in [-0.39, 0.29) is 29.8 Å². The standard InChI is InChI=1S/C26H32N4O6S/c1-3-18-6-4-7-20-19(15-29(24(18)20)16-22(31)27-8-5-11-35-2)14-21-25(33)30(26(34)37-21)17-23(32)28-9-12-36-13-10-28/h4,6-7,14-15H,3,5,8-13,16-17H2,1-2H3,(H,27,31)/b21-14-. The van der Waals surface area contributed by atoms with Gasteiger partial charge >= 0.3 is 0 Å². The van der Waals surface area contributed by atoms with E-state index in [2.05, 4.69) is 5.32 Å². The largest absolute Gasteiger partial charge is 0.385 e. The minimum absolute atomic E-state index is 0.118. The molecule has 0 saturated carbocycles. The number of morpholine rings is 1. The highest BCUT2D eigenvalue weighted by molar-refractivity contribution is 8.18. The number of benzene rings is 1. The molecule has 0 bridgehead atoms. The van der Waals surface area contributed by atoms with E-state index < -0.39 is 11.1 Å². The van der Waals surface area contributed by atoms with Crippen LogP contribution in [0.25, 0.3) is 17.0 Å². The summed E-state index contributed by atoms with van der Waals surface area (Å²) in [6.45, 7) is 4.78. The summed E-state index contributed by atoms with van der Waals surface area (Å²) in [4.78, 5) is 53.8. The maximum Gasteiger partial charge on any atom is 0.294 e. The molecule has 3 heterocycles. The van der Waals surface area contributed by atoms with Crippen molar-refractivity contribution in [2.45, 2.75) is 26.3 Å². The molecule has 2 aromatic rings. The first kappa shape index (κ1) is 26.9. The van der Waals surface area contributed by atoms with Crippen LogP contribution in [-0.2, 0) is 36.8 Å². The van der Waals surface area contributed by atoms with Gasteiger partial charge in [-0.1, -0.05) is 25.1 Å². The summed E-state index contributed by atoms with van der Waals surface area (Å²) in [5.41, 5.74) is 2.74. The zero-order valence-corrected chi connectivity index (χ0v) is 22.0. The second-order valence-electron chi connectivity index (χ2n) is 8.84. The lowest BCUT2D eigenvalue weighted by molar-refractivity contribution is -0.139. The Morgan fingerprint density at radius 1 is 1.19 bits per heavy atom. The number of para-hydroxylation sites is 1. The summed E-state index contributed by atoms with van der Waals surface area (Å²) in [6.07, 6.45) is 5.02. The Morgan fingerprint density at radius 3 is 2.70 bits per heavy atom. The van der Waals surface area contributed by atoms with Crippen molar-refractivity contribution in [1.82, 2.24) is 19.7 Å². The molecule has 0 unspecified atom stereocenters. The number of fused-ring (bicyclic) bond motifs is 1. The lowest BCUT2D eigenvalue weighted by Gasteiger charge is -2.28. The number of aryl methyl sites for hydroxylation is 1. The molecular formula is C26H32N4O6S. The summed E-state index contributed by atoms with van der Waals surface area (Å²) in [7, 11) is 1.62. The predicted molar refractivity (Wildman–Crippen MR) is 141 cm³/mol. The average Bonchev–Trinajstić information content (AvgIpc) is 3.38. The molecule has 2 fully saturated rings. The topological polar surface area (TPSA) is 110 Å². The Hall–Kier alpha value is -3.15. The zero-order valence-electron chi connectivity index (χ0n) is 21.2. The number of aromatic nitrogens is 1. The summed E-state index contributed by atoms with van der Waals surface area (Å²) in [6, 6.07) is 5.91. The number of rotatable bonds is 10. The minimum atomic E-state index is -0.486. The van der Waals surface area contributed by atoms with Crippen molar-refractivity contribution in [1.29, 1.82) is 0 Å².